The third kappa shape index (κ3) is 4.49. The zero-order valence-electron chi connectivity index (χ0n) is 17.1. The van der Waals surface area contributed by atoms with Gasteiger partial charge in [0.25, 0.3) is 5.91 Å². The second kappa shape index (κ2) is 8.61. The van der Waals surface area contributed by atoms with E-state index in [2.05, 4.69) is 15.3 Å². The van der Waals surface area contributed by atoms with Crippen molar-refractivity contribution in [2.24, 2.45) is 0 Å². The Labute approximate surface area is 174 Å². The van der Waals surface area contributed by atoms with Crippen molar-refractivity contribution in [1.82, 2.24) is 24.6 Å². The first-order valence-corrected chi connectivity index (χ1v) is 10.9. The molecular formula is C21H27N5O2S. The molecule has 8 heteroatoms. The van der Waals surface area contributed by atoms with Crippen molar-refractivity contribution < 1.29 is 9.53 Å². The normalized spacial score (nSPS) is 19.8. The lowest BCUT2D eigenvalue weighted by molar-refractivity contribution is -0.0587. The fraction of sp³-hybridized carbons (Fsp3) is 0.476. The molecule has 0 spiro atoms. The number of aryl methyl sites for hydroxylation is 1. The third-order valence-electron chi connectivity index (χ3n) is 5.07. The maximum Gasteiger partial charge on any atom is 0.274 e. The highest BCUT2D eigenvalue weighted by Gasteiger charge is 2.30. The summed E-state index contributed by atoms with van der Waals surface area (Å²) in [6.45, 7) is 8.57. The summed E-state index contributed by atoms with van der Waals surface area (Å²) in [5.74, 6) is -0.0138. The number of rotatable bonds is 6. The summed E-state index contributed by atoms with van der Waals surface area (Å²) in [7, 11) is 0. The van der Waals surface area contributed by atoms with Crippen molar-refractivity contribution >= 4 is 22.2 Å². The van der Waals surface area contributed by atoms with Crippen molar-refractivity contribution in [3.63, 3.8) is 0 Å². The average molecular weight is 414 g/mol. The standard InChI is InChI=1S/C21H27N5O2S/c1-14-5-4-6-17(23-14)7-8-22-11-18-19(24-21-26(18)9-10-29-21)20(27)25-12-15(2)28-16(3)13-25/h4-6,9-10,15-16,22H,7-8,11-13H2,1-3H3/t15-,16+. The monoisotopic (exact) mass is 413 g/mol. The minimum absolute atomic E-state index is 0.0138. The number of carbonyl (C=O) groups excluding carboxylic acids is 1. The number of ether oxygens (including phenoxy) is 1. The number of thiazole rings is 1. The highest BCUT2D eigenvalue weighted by molar-refractivity contribution is 7.15. The van der Waals surface area contributed by atoms with Gasteiger partial charge in [-0.1, -0.05) is 6.07 Å². The topological polar surface area (TPSA) is 71.8 Å². The molecular weight excluding hydrogens is 386 g/mol. The summed E-state index contributed by atoms with van der Waals surface area (Å²) in [5, 5.41) is 5.46. The maximum absolute atomic E-state index is 13.2. The Morgan fingerprint density at radius 2 is 2.07 bits per heavy atom. The molecule has 1 aliphatic rings. The van der Waals surface area contributed by atoms with Crippen molar-refractivity contribution in [2.75, 3.05) is 19.6 Å². The quantitative estimate of drug-likeness (QED) is 0.629. The van der Waals surface area contributed by atoms with Gasteiger partial charge in [0, 0.05) is 55.6 Å². The van der Waals surface area contributed by atoms with Gasteiger partial charge in [0.2, 0.25) is 0 Å². The molecule has 3 aromatic rings. The van der Waals surface area contributed by atoms with E-state index >= 15 is 0 Å². The van der Waals surface area contributed by atoms with Gasteiger partial charge in [-0.05, 0) is 32.9 Å². The predicted octanol–water partition coefficient (Wildman–Crippen LogP) is 2.68. The van der Waals surface area contributed by atoms with Crippen LogP contribution in [0.5, 0.6) is 0 Å². The molecule has 3 aromatic heterocycles. The summed E-state index contributed by atoms with van der Waals surface area (Å²) in [6.07, 6.45) is 2.90. The molecule has 1 amide bonds. The van der Waals surface area contributed by atoms with Gasteiger partial charge < -0.3 is 15.0 Å². The largest absolute Gasteiger partial charge is 0.372 e. The number of nitrogens with one attached hydrogen (secondary N) is 1. The summed E-state index contributed by atoms with van der Waals surface area (Å²) >= 11 is 1.54. The molecule has 0 unspecified atom stereocenters. The van der Waals surface area contributed by atoms with Gasteiger partial charge >= 0.3 is 0 Å². The Balaban J connectivity index is 1.47. The molecule has 0 radical (unpaired) electrons. The first kappa shape index (κ1) is 20.0. The lowest BCUT2D eigenvalue weighted by atomic mass is 10.2. The molecule has 4 heterocycles. The number of aromatic nitrogens is 3. The predicted molar refractivity (Wildman–Crippen MR) is 113 cm³/mol. The molecule has 1 aliphatic heterocycles. The van der Waals surface area contributed by atoms with Gasteiger partial charge in [-0.15, -0.1) is 11.3 Å². The Morgan fingerprint density at radius 3 is 2.83 bits per heavy atom. The van der Waals surface area contributed by atoms with E-state index in [0.29, 0.717) is 25.3 Å². The average Bonchev–Trinajstić information content (AvgIpc) is 3.26. The lowest BCUT2D eigenvalue weighted by Crippen LogP contribution is -2.48. The SMILES string of the molecule is Cc1cccc(CCNCc2c(C(=O)N3C[C@@H](C)O[C@@H](C)C3)nc3sccn23)n1. The van der Waals surface area contributed by atoms with Gasteiger partial charge in [0.05, 0.1) is 17.9 Å². The molecule has 154 valence electrons. The van der Waals surface area contributed by atoms with E-state index in [-0.39, 0.29) is 18.1 Å². The zero-order chi connectivity index (χ0) is 20.4. The van der Waals surface area contributed by atoms with Crippen LogP contribution in [0.4, 0.5) is 0 Å². The maximum atomic E-state index is 13.2. The van der Waals surface area contributed by atoms with Crippen LogP contribution in [0.25, 0.3) is 4.96 Å². The number of morpholine rings is 1. The molecule has 1 fully saturated rings. The number of carbonyl (C=O) groups is 1. The number of fused-ring (bicyclic) bond motifs is 1. The van der Waals surface area contributed by atoms with Gasteiger partial charge in [0.1, 0.15) is 0 Å². The molecule has 0 bridgehead atoms. The molecule has 0 aliphatic carbocycles. The summed E-state index contributed by atoms with van der Waals surface area (Å²) in [4.78, 5) is 25.1. The van der Waals surface area contributed by atoms with Gasteiger partial charge in [-0.2, -0.15) is 0 Å². The van der Waals surface area contributed by atoms with Gasteiger partial charge in [0.15, 0.2) is 10.7 Å². The van der Waals surface area contributed by atoms with Crippen LogP contribution in [0.1, 0.15) is 41.4 Å². The van der Waals surface area contributed by atoms with Crippen LogP contribution in [-0.4, -0.2) is 57.0 Å². The molecule has 4 rings (SSSR count). The number of imidazole rings is 1. The molecule has 0 aromatic carbocycles. The van der Waals surface area contributed by atoms with Crippen LogP contribution in [0.3, 0.4) is 0 Å². The Hall–Kier alpha value is -2.29. The second-order valence-corrected chi connectivity index (χ2v) is 8.50. The van der Waals surface area contributed by atoms with E-state index in [1.165, 1.54) is 0 Å². The van der Waals surface area contributed by atoms with E-state index in [1.54, 1.807) is 11.3 Å². The Morgan fingerprint density at radius 1 is 1.28 bits per heavy atom. The molecule has 2 atom stereocenters. The summed E-state index contributed by atoms with van der Waals surface area (Å²) < 4.78 is 7.79. The van der Waals surface area contributed by atoms with Crippen LogP contribution in [0.15, 0.2) is 29.8 Å². The number of nitrogens with zero attached hydrogens (tertiary/aromatic N) is 4. The van der Waals surface area contributed by atoms with Crippen LogP contribution in [-0.2, 0) is 17.7 Å². The molecule has 1 N–H and O–H groups in total. The van der Waals surface area contributed by atoms with Crippen LogP contribution < -0.4 is 5.32 Å². The van der Waals surface area contributed by atoms with Crippen molar-refractivity contribution in [3.05, 3.63) is 52.6 Å². The molecule has 7 nitrogen and oxygen atoms in total. The molecule has 29 heavy (non-hydrogen) atoms. The summed E-state index contributed by atoms with van der Waals surface area (Å²) in [5.41, 5.74) is 3.55. The van der Waals surface area contributed by atoms with E-state index in [9.17, 15) is 4.79 Å². The van der Waals surface area contributed by atoms with Gasteiger partial charge in [-0.25, -0.2) is 4.98 Å². The van der Waals surface area contributed by atoms with E-state index < -0.39 is 0 Å². The Bertz CT molecular complexity index is 988. The van der Waals surface area contributed by atoms with Crippen molar-refractivity contribution in [1.29, 1.82) is 0 Å². The highest BCUT2D eigenvalue weighted by atomic mass is 32.1. The second-order valence-electron chi connectivity index (χ2n) is 7.63. The first-order chi connectivity index (χ1) is 14.0. The first-order valence-electron chi connectivity index (χ1n) is 10.0. The van der Waals surface area contributed by atoms with Gasteiger partial charge in [-0.3, -0.25) is 14.2 Å². The van der Waals surface area contributed by atoms with E-state index in [1.807, 2.05) is 59.8 Å². The zero-order valence-corrected chi connectivity index (χ0v) is 17.9. The van der Waals surface area contributed by atoms with Crippen molar-refractivity contribution in [3.8, 4) is 0 Å². The fourth-order valence-corrected chi connectivity index (χ4v) is 4.56. The minimum atomic E-state index is -0.0138. The van der Waals surface area contributed by atoms with Crippen molar-refractivity contribution in [2.45, 2.75) is 45.9 Å². The van der Waals surface area contributed by atoms with Crippen LogP contribution >= 0.6 is 11.3 Å². The van der Waals surface area contributed by atoms with Crippen LogP contribution in [0.2, 0.25) is 0 Å². The highest BCUT2D eigenvalue weighted by Crippen LogP contribution is 2.21. The van der Waals surface area contributed by atoms with E-state index in [0.717, 1.165) is 35.0 Å². The smallest absolute Gasteiger partial charge is 0.274 e. The number of hydrogen-bond acceptors (Lipinski definition) is 6. The molecule has 1 saturated heterocycles. The lowest BCUT2D eigenvalue weighted by Gasteiger charge is -2.35. The summed E-state index contributed by atoms with van der Waals surface area (Å²) in [6, 6.07) is 6.08. The van der Waals surface area contributed by atoms with E-state index in [4.69, 9.17) is 4.74 Å². The number of amides is 1. The third-order valence-corrected chi connectivity index (χ3v) is 5.82. The number of hydrogen-bond donors (Lipinski definition) is 1. The number of pyridine rings is 1. The molecule has 0 saturated carbocycles. The minimum Gasteiger partial charge on any atom is -0.372 e. The van der Waals surface area contributed by atoms with Crippen LogP contribution in [0, 0.1) is 6.92 Å². The Kier molecular flexibility index (Phi) is 5.94. The fourth-order valence-electron chi connectivity index (χ4n) is 3.83.